The summed E-state index contributed by atoms with van der Waals surface area (Å²) in [7, 11) is -4.14. The van der Waals surface area contributed by atoms with Crippen LogP contribution in [-0.4, -0.2) is 8.42 Å². The average Bonchev–Trinajstić information content (AvgIpc) is 2.44. The van der Waals surface area contributed by atoms with Gasteiger partial charge in [-0.05, 0) is 29.8 Å². The lowest BCUT2D eigenvalue weighted by molar-refractivity contribution is 0.569. The minimum Gasteiger partial charge on any atom is -0.326 e. The predicted octanol–water partition coefficient (Wildman–Crippen LogP) is 3.39. The van der Waals surface area contributed by atoms with Crippen molar-refractivity contribution < 1.29 is 12.8 Å². The zero-order valence-electron chi connectivity index (χ0n) is 10.6. The minimum absolute atomic E-state index is 0.0399. The van der Waals surface area contributed by atoms with Crippen molar-refractivity contribution in [3.63, 3.8) is 0 Å². The van der Waals surface area contributed by atoms with Gasteiger partial charge in [0.1, 0.15) is 10.7 Å². The van der Waals surface area contributed by atoms with Gasteiger partial charge in [-0.15, -0.1) is 0 Å². The second-order valence-corrected chi connectivity index (χ2v) is 6.61. The van der Waals surface area contributed by atoms with Crippen LogP contribution in [0.1, 0.15) is 5.56 Å². The van der Waals surface area contributed by atoms with Gasteiger partial charge in [-0.2, -0.15) is 0 Å². The van der Waals surface area contributed by atoms with Crippen LogP contribution in [0.3, 0.4) is 0 Å². The molecule has 0 atom stereocenters. The van der Waals surface area contributed by atoms with E-state index in [1.54, 1.807) is 0 Å². The molecule has 0 spiro atoms. The maximum Gasteiger partial charge on any atom is 0.264 e. The third-order valence-electron chi connectivity index (χ3n) is 2.72. The molecule has 2 aromatic rings. The van der Waals surface area contributed by atoms with Crippen LogP contribution in [0.15, 0.2) is 41.3 Å². The van der Waals surface area contributed by atoms with E-state index in [9.17, 15) is 12.8 Å². The molecule has 0 aliphatic rings. The molecule has 112 valence electrons. The molecule has 0 bridgehead atoms. The highest BCUT2D eigenvalue weighted by Crippen LogP contribution is 2.31. The van der Waals surface area contributed by atoms with Crippen molar-refractivity contribution >= 4 is 38.9 Å². The number of nitrogens with one attached hydrogen (secondary N) is 1. The Morgan fingerprint density at radius 3 is 2.57 bits per heavy atom. The maximum atomic E-state index is 13.8. The molecule has 0 heterocycles. The third kappa shape index (κ3) is 3.47. The molecule has 0 aliphatic heterocycles. The van der Waals surface area contributed by atoms with Gasteiger partial charge in [0.25, 0.3) is 10.0 Å². The van der Waals surface area contributed by atoms with Crippen molar-refractivity contribution in [2.24, 2.45) is 5.73 Å². The number of sulfonamides is 1. The van der Waals surface area contributed by atoms with Crippen LogP contribution < -0.4 is 10.5 Å². The predicted molar refractivity (Wildman–Crippen MR) is 81.6 cm³/mol. The van der Waals surface area contributed by atoms with Crippen molar-refractivity contribution in [1.82, 2.24) is 0 Å². The fraction of sp³-hybridized carbons (Fsp3) is 0.0769. The molecule has 0 fully saturated rings. The highest BCUT2D eigenvalue weighted by atomic mass is 35.5. The molecular weight excluding hydrogens is 338 g/mol. The van der Waals surface area contributed by atoms with Gasteiger partial charge in [0.15, 0.2) is 0 Å². The lowest BCUT2D eigenvalue weighted by atomic mass is 10.2. The molecule has 8 heteroatoms. The summed E-state index contributed by atoms with van der Waals surface area (Å²) in [6.07, 6.45) is 0. The van der Waals surface area contributed by atoms with E-state index in [1.807, 2.05) is 0 Å². The first-order chi connectivity index (χ1) is 9.85. The molecule has 0 aliphatic carbocycles. The quantitative estimate of drug-likeness (QED) is 0.889. The lowest BCUT2D eigenvalue weighted by Gasteiger charge is -2.11. The Morgan fingerprint density at radius 2 is 1.90 bits per heavy atom. The van der Waals surface area contributed by atoms with E-state index >= 15 is 0 Å². The van der Waals surface area contributed by atoms with Gasteiger partial charge < -0.3 is 5.73 Å². The SMILES string of the molecule is NCc1ccc(F)c(S(=O)(=O)Nc2cccc(Cl)c2Cl)c1. The lowest BCUT2D eigenvalue weighted by Crippen LogP contribution is -2.15. The summed E-state index contributed by atoms with van der Waals surface area (Å²) in [5.41, 5.74) is 6.00. The number of benzene rings is 2. The summed E-state index contributed by atoms with van der Waals surface area (Å²) in [5, 5.41) is 0.228. The summed E-state index contributed by atoms with van der Waals surface area (Å²) >= 11 is 11.7. The molecule has 2 aromatic carbocycles. The molecule has 0 aromatic heterocycles. The summed E-state index contributed by atoms with van der Waals surface area (Å²) in [5.74, 6) is -0.877. The number of hydrogen-bond donors (Lipinski definition) is 2. The largest absolute Gasteiger partial charge is 0.326 e. The van der Waals surface area contributed by atoms with Gasteiger partial charge in [0.2, 0.25) is 0 Å². The van der Waals surface area contributed by atoms with Gasteiger partial charge >= 0.3 is 0 Å². The Morgan fingerprint density at radius 1 is 1.19 bits per heavy atom. The average molecular weight is 349 g/mol. The van der Waals surface area contributed by atoms with Crippen molar-refractivity contribution in [3.05, 3.63) is 57.8 Å². The van der Waals surface area contributed by atoms with Crippen LogP contribution >= 0.6 is 23.2 Å². The zero-order valence-corrected chi connectivity index (χ0v) is 12.9. The van der Waals surface area contributed by atoms with Gasteiger partial charge in [0.05, 0.1) is 15.7 Å². The summed E-state index contributed by atoms with van der Waals surface area (Å²) in [4.78, 5) is -0.499. The van der Waals surface area contributed by atoms with Crippen LogP contribution in [0.4, 0.5) is 10.1 Å². The van der Waals surface area contributed by atoms with E-state index in [2.05, 4.69) is 4.72 Å². The first kappa shape index (κ1) is 16.0. The van der Waals surface area contributed by atoms with Gasteiger partial charge in [0, 0.05) is 6.54 Å². The Kier molecular flexibility index (Phi) is 4.73. The second-order valence-electron chi connectivity index (χ2n) is 4.18. The first-order valence-electron chi connectivity index (χ1n) is 5.80. The molecule has 0 radical (unpaired) electrons. The van der Waals surface area contributed by atoms with Crippen LogP contribution in [0.2, 0.25) is 10.0 Å². The number of nitrogens with two attached hydrogens (primary N) is 1. The van der Waals surface area contributed by atoms with Gasteiger partial charge in [-0.25, -0.2) is 12.8 Å². The fourth-order valence-corrected chi connectivity index (χ4v) is 3.27. The normalized spacial score (nSPS) is 11.4. The molecule has 0 unspecified atom stereocenters. The molecule has 21 heavy (non-hydrogen) atoms. The standard InChI is InChI=1S/C13H11Cl2FN2O2S/c14-9-2-1-3-11(13(9)15)18-21(19,20)12-6-8(7-17)4-5-10(12)16/h1-6,18H,7,17H2. The molecular formula is C13H11Cl2FN2O2S. The monoisotopic (exact) mass is 348 g/mol. The number of rotatable bonds is 4. The maximum absolute atomic E-state index is 13.8. The van der Waals surface area contributed by atoms with Crippen LogP contribution in [0, 0.1) is 5.82 Å². The van der Waals surface area contributed by atoms with Gasteiger partial charge in [-0.3, -0.25) is 4.72 Å². The Bertz CT molecular complexity index is 782. The van der Waals surface area contributed by atoms with E-state index in [0.717, 1.165) is 6.07 Å². The van der Waals surface area contributed by atoms with E-state index in [-0.39, 0.29) is 22.3 Å². The van der Waals surface area contributed by atoms with Crippen molar-refractivity contribution in [2.45, 2.75) is 11.4 Å². The molecule has 3 N–H and O–H groups in total. The zero-order chi connectivity index (χ0) is 15.6. The Hall–Kier alpha value is -1.34. The molecule has 4 nitrogen and oxygen atoms in total. The molecule has 0 saturated heterocycles. The Labute approximate surface area is 131 Å². The molecule has 0 amide bonds. The molecule has 0 saturated carbocycles. The smallest absolute Gasteiger partial charge is 0.264 e. The topological polar surface area (TPSA) is 72.2 Å². The molecule has 2 rings (SSSR count). The van der Waals surface area contributed by atoms with Crippen molar-refractivity contribution in [1.29, 1.82) is 0 Å². The van der Waals surface area contributed by atoms with Crippen molar-refractivity contribution in [3.8, 4) is 0 Å². The van der Waals surface area contributed by atoms with E-state index in [1.165, 1.54) is 30.3 Å². The second kappa shape index (κ2) is 6.19. The Balaban J connectivity index is 2.46. The van der Waals surface area contributed by atoms with E-state index < -0.39 is 20.7 Å². The van der Waals surface area contributed by atoms with Gasteiger partial charge in [-0.1, -0.05) is 35.3 Å². The van der Waals surface area contributed by atoms with E-state index in [0.29, 0.717) is 5.56 Å². The third-order valence-corrected chi connectivity index (χ3v) is 4.92. The van der Waals surface area contributed by atoms with Crippen LogP contribution in [0.5, 0.6) is 0 Å². The highest BCUT2D eigenvalue weighted by molar-refractivity contribution is 7.92. The number of anilines is 1. The highest BCUT2D eigenvalue weighted by Gasteiger charge is 2.21. The van der Waals surface area contributed by atoms with Crippen molar-refractivity contribution in [2.75, 3.05) is 4.72 Å². The van der Waals surface area contributed by atoms with E-state index in [4.69, 9.17) is 28.9 Å². The van der Waals surface area contributed by atoms with Crippen LogP contribution in [0.25, 0.3) is 0 Å². The van der Waals surface area contributed by atoms with Crippen LogP contribution in [-0.2, 0) is 16.6 Å². The summed E-state index contributed by atoms with van der Waals surface area (Å²) in [6, 6.07) is 8.11. The minimum atomic E-state index is -4.14. The first-order valence-corrected chi connectivity index (χ1v) is 8.04. The fourth-order valence-electron chi connectivity index (χ4n) is 1.66. The summed E-state index contributed by atoms with van der Waals surface area (Å²) in [6.45, 7) is 0.0979. The summed E-state index contributed by atoms with van der Waals surface area (Å²) < 4.78 is 40.5. The number of hydrogen-bond acceptors (Lipinski definition) is 3. The number of halogens is 3.